The van der Waals surface area contributed by atoms with Gasteiger partial charge in [0.05, 0.1) is 0 Å². The molecule has 0 aromatic carbocycles. The number of ether oxygens (including phenoxy) is 1. The normalized spacial score (nSPS) is 19.9. The Labute approximate surface area is 86.2 Å². The molecule has 64 valence electrons. The van der Waals surface area contributed by atoms with E-state index < -0.39 is 0 Å². The van der Waals surface area contributed by atoms with Crippen LogP contribution in [0, 0.1) is 0 Å². The zero-order valence-corrected chi connectivity index (χ0v) is 8.01. The second-order valence-corrected chi connectivity index (χ2v) is 2.99. The Balaban J connectivity index is 0.00000121. The average Bonchev–Trinajstić information content (AvgIpc) is 2.06. The molecule has 1 aliphatic carbocycles. The van der Waals surface area contributed by atoms with E-state index in [-0.39, 0.29) is 30.9 Å². The summed E-state index contributed by atoms with van der Waals surface area (Å²) in [5, 5.41) is 10.8. The third-order valence-electron chi connectivity index (χ3n) is 2.07. The standard InChI is InChI=1S/C9H16O2.Li/c1-2-9(10)11-8-6-4-3-5-7-8;/h2,8,10H,3-7H2,1H3;/q;+1/p-1/b9-2+;. The van der Waals surface area contributed by atoms with Crippen LogP contribution in [0.1, 0.15) is 39.0 Å². The molecule has 12 heavy (non-hydrogen) atoms. The molecule has 1 fully saturated rings. The maximum absolute atomic E-state index is 10.8. The van der Waals surface area contributed by atoms with Crippen LogP contribution in [-0.4, -0.2) is 6.10 Å². The van der Waals surface area contributed by atoms with Gasteiger partial charge in [-0.3, -0.25) is 0 Å². The molecule has 0 aromatic rings. The zero-order valence-electron chi connectivity index (χ0n) is 8.01. The number of rotatable bonds is 2. The van der Waals surface area contributed by atoms with Gasteiger partial charge in [0.15, 0.2) is 0 Å². The van der Waals surface area contributed by atoms with E-state index in [0.717, 1.165) is 12.8 Å². The second-order valence-electron chi connectivity index (χ2n) is 2.99. The molecule has 1 rings (SSSR count). The predicted octanol–water partition coefficient (Wildman–Crippen LogP) is -1.44. The van der Waals surface area contributed by atoms with Crippen molar-refractivity contribution in [3.63, 3.8) is 0 Å². The first-order chi connectivity index (χ1) is 5.33. The van der Waals surface area contributed by atoms with Gasteiger partial charge in [-0.25, -0.2) is 0 Å². The predicted molar refractivity (Wildman–Crippen MR) is 41.7 cm³/mol. The van der Waals surface area contributed by atoms with Gasteiger partial charge in [-0.15, -0.1) is 0 Å². The molecule has 1 saturated carbocycles. The van der Waals surface area contributed by atoms with Crippen molar-refractivity contribution in [3.05, 3.63) is 12.0 Å². The summed E-state index contributed by atoms with van der Waals surface area (Å²) in [4.78, 5) is 0. The van der Waals surface area contributed by atoms with E-state index >= 15 is 0 Å². The molecule has 1 aliphatic rings. The maximum atomic E-state index is 10.8. The van der Waals surface area contributed by atoms with Gasteiger partial charge in [0.1, 0.15) is 0 Å². The molecule has 0 atom stereocenters. The Morgan fingerprint density at radius 3 is 2.42 bits per heavy atom. The molecule has 0 bridgehead atoms. The summed E-state index contributed by atoms with van der Waals surface area (Å²) in [7, 11) is 0. The van der Waals surface area contributed by atoms with E-state index in [2.05, 4.69) is 0 Å². The Kier molecular flexibility index (Phi) is 6.42. The molecular formula is C9H15LiO2. The molecular weight excluding hydrogens is 147 g/mol. The molecule has 2 nitrogen and oxygen atoms in total. The molecule has 0 spiro atoms. The van der Waals surface area contributed by atoms with Crippen molar-refractivity contribution in [2.45, 2.75) is 45.1 Å². The smallest absolute Gasteiger partial charge is 0.610 e. The van der Waals surface area contributed by atoms with Crippen LogP contribution >= 0.6 is 0 Å². The van der Waals surface area contributed by atoms with Crippen LogP contribution < -0.4 is 24.0 Å². The molecule has 0 radical (unpaired) electrons. The summed E-state index contributed by atoms with van der Waals surface area (Å²) in [5.74, 6) is -0.170. The summed E-state index contributed by atoms with van der Waals surface area (Å²) in [6.07, 6.45) is 7.51. The van der Waals surface area contributed by atoms with Gasteiger partial charge in [-0.2, -0.15) is 0 Å². The third-order valence-corrected chi connectivity index (χ3v) is 2.07. The van der Waals surface area contributed by atoms with Crippen LogP contribution in [0.3, 0.4) is 0 Å². The molecule has 0 aliphatic heterocycles. The largest absolute Gasteiger partial charge is 1.00 e. The Hall–Kier alpha value is -0.0626. The maximum Gasteiger partial charge on any atom is 1.00 e. The van der Waals surface area contributed by atoms with Gasteiger partial charge in [0.25, 0.3) is 0 Å². The minimum atomic E-state index is -0.170. The summed E-state index contributed by atoms with van der Waals surface area (Å²) < 4.78 is 5.15. The first-order valence-electron chi connectivity index (χ1n) is 4.33. The molecule has 0 aromatic heterocycles. The molecule has 0 saturated heterocycles. The summed E-state index contributed by atoms with van der Waals surface area (Å²) in [6.45, 7) is 1.71. The zero-order chi connectivity index (χ0) is 8.10. The van der Waals surface area contributed by atoms with Crippen molar-refractivity contribution in [1.82, 2.24) is 0 Å². The van der Waals surface area contributed by atoms with Crippen molar-refractivity contribution in [2.24, 2.45) is 0 Å². The molecule has 0 heterocycles. The fourth-order valence-electron chi connectivity index (χ4n) is 1.42. The van der Waals surface area contributed by atoms with Gasteiger partial charge in [0.2, 0.25) is 0 Å². The fraction of sp³-hybridized carbons (Fsp3) is 0.778. The Bertz CT molecular complexity index is 139. The Morgan fingerprint density at radius 1 is 1.33 bits per heavy atom. The second kappa shape index (κ2) is 6.45. The third kappa shape index (κ3) is 4.09. The summed E-state index contributed by atoms with van der Waals surface area (Å²) >= 11 is 0. The van der Waals surface area contributed by atoms with Crippen LogP contribution in [0.15, 0.2) is 12.0 Å². The topological polar surface area (TPSA) is 32.3 Å². The first kappa shape index (κ1) is 11.9. The Morgan fingerprint density at radius 2 is 1.92 bits per heavy atom. The van der Waals surface area contributed by atoms with E-state index in [1.54, 1.807) is 6.92 Å². The minimum Gasteiger partial charge on any atom is -0.610 e. The van der Waals surface area contributed by atoms with Gasteiger partial charge in [-0.1, -0.05) is 25.3 Å². The van der Waals surface area contributed by atoms with Crippen molar-refractivity contribution in [3.8, 4) is 0 Å². The van der Waals surface area contributed by atoms with Gasteiger partial charge in [-0.05, 0) is 19.8 Å². The molecule has 3 heteroatoms. The van der Waals surface area contributed by atoms with E-state index in [1.807, 2.05) is 0 Å². The van der Waals surface area contributed by atoms with Crippen molar-refractivity contribution in [2.75, 3.05) is 0 Å². The van der Waals surface area contributed by atoms with Crippen LogP contribution in [0.4, 0.5) is 0 Å². The van der Waals surface area contributed by atoms with E-state index in [9.17, 15) is 5.11 Å². The average molecular weight is 162 g/mol. The monoisotopic (exact) mass is 162 g/mol. The van der Waals surface area contributed by atoms with Gasteiger partial charge >= 0.3 is 18.9 Å². The van der Waals surface area contributed by atoms with Crippen LogP contribution in [0.2, 0.25) is 0 Å². The quantitative estimate of drug-likeness (QED) is 0.368. The van der Waals surface area contributed by atoms with E-state index in [0.29, 0.717) is 0 Å². The summed E-state index contributed by atoms with van der Waals surface area (Å²) in [6, 6.07) is 0. The number of hydrogen-bond acceptors (Lipinski definition) is 2. The molecule has 0 amide bonds. The van der Waals surface area contributed by atoms with Crippen LogP contribution in [0.5, 0.6) is 0 Å². The molecule has 0 unspecified atom stereocenters. The van der Waals surface area contributed by atoms with Crippen molar-refractivity contribution >= 4 is 0 Å². The van der Waals surface area contributed by atoms with Crippen LogP contribution in [-0.2, 0) is 4.74 Å². The van der Waals surface area contributed by atoms with Gasteiger partial charge in [0, 0.05) is 12.0 Å². The summed E-state index contributed by atoms with van der Waals surface area (Å²) in [5.41, 5.74) is 0. The van der Waals surface area contributed by atoms with Crippen LogP contribution in [0.25, 0.3) is 0 Å². The molecule has 0 N–H and O–H groups in total. The minimum absolute atomic E-state index is 0. The first-order valence-corrected chi connectivity index (χ1v) is 4.33. The van der Waals surface area contributed by atoms with E-state index in [1.165, 1.54) is 25.3 Å². The SMILES string of the molecule is C/C=C(\[O-])OC1CCCCC1.[Li+]. The fourth-order valence-corrected chi connectivity index (χ4v) is 1.42. The number of allylic oxidation sites excluding steroid dienone is 1. The van der Waals surface area contributed by atoms with Crippen molar-refractivity contribution in [1.29, 1.82) is 0 Å². The van der Waals surface area contributed by atoms with Crippen molar-refractivity contribution < 1.29 is 28.7 Å². The number of hydrogen-bond donors (Lipinski definition) is 0. The van der Waals surface area contributed by atoms with Gasteiger partial charge < -0.3 is 9.84 Å². The van der Waals surface area contributed by atoms with E-state index in [4.69, 9.17) is 4.74 Å².